The van der Waals surface area contributed by atoms with Crippen LogP contribution in [-0.2, 0) is 4.79 Å². The van der Waals surface area contributed by atoms with Crippen LogP contribution in [0.5, 0.6) is 0 Å². The Balaban J connectivity index is 2.74. The molecule has 0 aliphatic carbocycles. The summed E-state index contributed by atoms with van der Waals surface area (Å²) in [7, 11) is 5.68. The van der Waals surface area contributed by atoms with Crippen LogP contribution in [0, 0.1) is 0 Å². The second kappa shape index (κ2) is 3.25. The van der Waals surface area contributed by atoms with Gasteiger partial charge in [0, 0.05) is 26.6 Å². The molecule has 0 atom stereocenters. The summed E-state index contributed by atoms with van der Waals surface area (Å²) in [5.74, 6) is 0. The Morgan fingerprint density at radius 1 is 1.64 bits per heavy atom. The first kappa shape index (κ1) is 8.58. The van der Waals surface area contributed by atoms with Crippen molar-refractivity contribution in [1.29, 1.82) is 0 Å². The highest BCUT2D eigenvalue weighted by molar-refractivity contribution is 8.00. The summed E-state index contributed by atoms with van der Waals surface area (Å²) in [6.45, 7) is 0. The molecule has 5 heteroatoms. The van der Waals surface area contributed by atoms with Gasteiger partial charge in [0.05, 0.1) is 0 Å². The molecular weight excluding hydrogens is 162 g/mol. The minimum Gasteiger partial charge on any atom is -0.296 e. The van der Waals surface area contributed by atoms with E-state index >= 15 is 0 Å². The molecule has 4 nitrogen and oxygen atoms in total. The number of carbonyl (C=O) groups is 1. The van der Waals surface area contributed by atoms with E-state index in [4.69, 9.17) is 0 Å². The van der Waals surface area contributed by atoms with E-state index in [-0.39, 0.29) is 0 Å². The third kappa shape index (κ3) is 1.55. The molecular formula is C6H11N3OS. The Kier molecular flexibility index (Phi) is 2.53. The average Bonchev–Trinajstić information content (AvgIpc) is 2.30. The van der Waals surface area contributed by atoms with Crippen molar-refractivity contribution in [2.24, 2.45) is 0 Å². The van der Waals surface area contributed by atoms with E-state index in [0.717, 1.165) is 6.29 Å². The molecule has 1 aliphatic rings. The van der Waals surface area contributed by atoms with E-state index in [1.165, 1.54) is 11.9 Å². The molecule has 0 saturated carbocycles. The number of carbonyl (C=O) groups excluding carboxylic acids is 1. The van der Waals surface area contributed by atoms with Crippen LogP contribution in [0.15, 0.2) is 11.1 Å². The summed E-state index contributed by atoms with van der Waals surface area (Å²) in [4.78, 5) is 10.5. The third-order valence-electron chi connectivity index (χ3n) is 1.32. The Bertz CT molecular complexity index is 192. The molecule has 0 saturated heterocycles. The highest BCUT2D eigenvalue weighted by atomic mass is 32.2. The van der Waals surface area contributed by atoms with E-state index in [2.05, 4.69) is 0 Å². The quantitative estimate of drug-likeness (QED) is 0.442. The minimum atomic E-state index is 0.669. The zero-order chi connectivity index (χ0) is 8.43. The maximum atomic E-state index is 10.5. The van der Waals surface area contributed by atoms with Crippen molar-refractivity contribution in [2.45, 2.75) is 0 Å². The third-order valence-corrected chi connectivity index (χ3v) is 2.13. The maximum absolute atomic E-state index is 10.5. The molecule has 0 unspecified atom stereocenters. The van der Waals surface area contributed by atoms with Gasteiger partial charge < -0.3 is 0 Å². The SMILES string of the molecule is CN(C)N1C(C=O)=CSN1C. The normalized spacial score (nSPS) is 19.3. The molecule has 1 aliphatic heterocycles. The van der Waals surface area contributed by atoms with Crippen molar-refractivity contribution in [3.63, 3.8) is 0 Å². The van der Waals surface area contributed by atoms with Crippen LogP contribution < -0.4 is 0 Å². The molecule has 0 fully saturated rings. The Morgan fingerprint density at radius 2 is 2.27 bits per heavy atom. The number of hydrogen-bond acceptors (Lipinski definition) is 5. The van der Waals surface area contributed by atoms with E-state index in [0.29, 0.717) is 5.70 Å². The lowest BCUT2D eigenvalue weighted by molar-refractivity contribution is -0.113. The number of rotatable bonds is 2. The molecule has 0 radical (unpaired) electrons. The Hall–Kier alpha value is -0.520. The fourth-order valence-electron chi connectivity index (χ4n) is 0.942. The monoisotopic (exact) mass is 173 g/mol. The van der Waals surface area contributed by atoms with Crippen molar-refractivity contribution in [3.05, 3.63) is 11.1 Å². The van der Waals surface area contributed by atoms with Crippen LogP contribution in [0.1, 0.15) is 0 Å². The first-order valence-electron chi connectivity index (χ1n) is 3.20. The van der Waals surface area contributed by atoms with Gasteiger partial charge in [0.2, 0.25) is 0 Å². The molecule has 0 amide bonds. The van der Waals surface area contributed by atoms with Crippen LogP contribution >= 0.6 is 11.9 Å². The van der Waals surface area contributed by atoms with Crippen LogP contribution in [0.3, 0.4) is 0 Å². The zero-order valence-corrected chi connectivity index (χ0v) is 7.63. The summed E-state index contributed by atoms with van der Waals surface area (Å²) in [6, 6.07) is 0. The van der Waals surface area contributed by atoms with Crippen molar-refractivity contribution in [2.75, 3.05) is 21.1 Å². The highest BCUT2D eigenvalue weighted by Gasteiger charge is 2.22. The van der Waals surface area contributed by atoms with Crippen LogP contribution in [0.25, 0.3) is 0 Å². The van der Waals surface area contributed by atoms with Crippen molar-refractivity contribution < 1.29 is 4.79 Å². The lowest BCUT2D eigenvalue weighted by atomic mass is 10.6. The van der Waals surface area contributed by atoms with Gasteiger partial charge in [-0.3, -0.25) is 4.79 Å². The first-order valence-corrected chi connectivity index (χ1v) is 4.03. The number of allylic oxidation sites excluding steroid dienone is 1. The predicted octanol–water partition coefficient (Wildman–Crippen LogP) is 0.314. The van der Waals surface area contributed by atoms with E-state index in [1.54, 1.807) is 5.12 Å². The van der Waals surface area contributed by atoms with Gasteiger partial charge in [-0.05, 0) is 11.9 Å². The average molecular weight is 173 g/mol. The van der Waals surface area contributed by atoms with Crippen molar-refractivity contribution in [3.8, 4) is 0 Å². The molecule has 0 aromatic rings. The van der Waals surface area contributed by atoms with Crippen LogP contribution in [-0.4, -0.2) is 42.0 Å². The largest absolute Gasteiger partial charge is 0.296 e. The molecule has 0 spiro atoms. The number of aldehydes is 1. The van der Waals surface area contributed by atoms with Gasteiger partial charge in [0.25, 0.3) is 0 Å². The van der Waals surface area contributed by atoms with Gasteiger partial charge in [-0.15, -0.1) is 4.41 Å². The van der Waals surface area contributed by atoms with Gasteiger partial charge in [0.1, 0.15) is 5.70 Å². The van der Waals surface area contributed by atoms with Gasteiger partial charge >= 0.3 is 0 Å². The minimum absolute atomic E-state index is 0.669. The molecule has 1 heterocycles. The van der Waals surface area contributed by atoms with E-state index < -0.39 is 0 Å². The topological polar surface area (TPSA) is 26.8 Å². The highest BCUT2D eigenvalue weighted by Crippen LogP contribution is 2.26. The lowest BCUT2D eigenvalue weighted by Gasteiger charge is -2.31. The number of hydrogen-bond donors (Lipinski definition) is 0. The second-order valence-electron chi connectivity index (χ2n) is 2.37. The molecule has 62 valence electrons. The number of nitrogens with zero attached hydrogens (tertiary/aromatic N) is 3. The van der Waals surface area contributed by atoms with Crippen LogP contribution in [0.2, 0.25) is 0 Å². The fourth-order valence-corrected chi connectivity index (χ4v) is 1.68. The van der Waals surface area contributed by atoms with E-state index in [9.17, 15) is 4.79 Å². The summed E-state index contributed by atoms with van der Waals surface area (Å²) < 4.78 is 1.88. The molecule has 0 aromatic carbocycles. The molecule has 0 N–H and O–H groups in total. The Labute approximate surface area is 70.5 Å². The van der Waals surface area contributed by atoms with Gasteiger partial charge in [-0.1, -0.05) is 0 Å². The Morgan fingerprint density at radius 3 is 2.64 bits per heavy atom. The molecule has 0 bridgehead atoms. The smallest absolute Gasteiger partial charge is 0.169 e. The zero-order valence-electron chi connectivity index (χ0n) is 6.81. The summed E-state index contributed by atoms with van der Waals surface area (Å²) >= 11 is 1.49. The first-order chi connectivity index (χ1) is 5.16. The maximum Gasteiger partial charge on any atom is 0.169 e. The van der Waals surface area contributed by atoms with E-state index in [1.807, 2.05) is 36.0 Å². The predicted molar refractivity (Wildman–Crippen MR) is 45.0 cm³/mol. The van der Waals surface area contributed by atoms with Gasteiger partial charge in [0.15, 0.2) is 6.29 Å². The van der Waals surface area contributed by atoms with Crippen LogP contribution in [0.4, 0.5) is 0 Å². The molecule has 0 aromatic heterocycles. The summed E-state index contributed by atoms with van der Waals surface area (Å²) in [5, 5.41) is 5.45. The molecule has 1 rings (SSSR count). The fraction of sp³-hybridized carbons (Fsp3) is 0.500. The number of hydrazine groups is 2. The second-order valence-corrected chi connectivity index (χ2v) is 3.34. The van der Waals surface area contributed by atoms with Gasteiger partial charge in [-0.25, -0.2) is 10.1 Å². The summed E-state index contributed by atoms with van der Waals surface area (Å²) in [6.07, 6.45) is 0.844. The summed E-state index contributed by atoms with van der Waals surface area (Å²) in [5.41, 5.74) is 0.669. The standard InChI is InChI=1S/C6H11N3OS/c1-7(2)9-6(4-10)5-11-8(9)3/h4-5H,1-3H3. The van der Waals surface area contributed by atoms with Crippen molar-refractivity contribution >= 4 is 18.2 Å². The van der Waals surface area contributed by atoms with Crippen molar-refractivity contribution in [1.82, 2.24) is 14.5 Å². The van der Waals surface area contributed by atoms with Gasteiger partial charge in [-0.2, -0.15) is 0 Å². The molecule has 11 heavy (non-hydrogen) atoms. The lowest BCUT2D eigenvalue weighted by Crippen LogP contribution is -2.41.